The minimum Gasteiger partial charge on any atom is -0.481 e. The predicted molar refractivity (Wildman–Crippen MR) is 75.8 cm³/mol. The number of rotatable bonds is 8. The van der Waals surface area contributed by atoms with Gasteiger partial charge in [-0.1, -0.05) is 13.8 Å². The molecule has 0 aliphatic rings. The van der Waals surface area contributed by atoms with Gasteiger partial charge in [-0.25, -0.2) is 0 Å². The Balaban J connectivity index is 4.30. The average Bonchev–Trinajstić information content (AvgIpc) is 2.26. The Bertz CT molecular complexity index is 279. The topological polar surface area (TPSA) is 57.6 Å². The van der Waals surface area contributed by atoms with Crippen molar-refractivity contribution >= 4 is 23.6 Å². The Hall–Kier alpha value is -0.710. The summed E-state index contributed by atoms with van der Waals surface area (Å²) in [6.07, 6.45) is 0.156. The molecule has 5 heteroatoms. The fourth-order valence-corrected chi connectivity index (χ4v) is 2.70. The highest BCUT2D eigenvalue weighted by Crippen LogP contribution is 2.20. The minimum absolute atomic E-state index is 0.0313. The summed E-state index contributed by atoms with van der Waals surface area (Å²) < 4.78 is 0. The van der Waals surface area contributed by atoms with Crippen LogP contribution in [0.3, 0.4) is 0 Å². The van der Waals surface area contributed by atoms with E-state index in [1.807, 2.05) is 34.7 Å². The lowest BCUT2D eigenvalue weighted by Crippen LogP contribution is -2.40. The van der Waals surface area contributed by atoms with Crippen molar-refractivity contribution in [3.05, 3.63) is 0 Å². The van der Waals surface area contributed by atoms with E-state index in [1.54, 1.807) is 16.7 Å². The zero-order chi connectivity index (χ0) is 14.3. The molecule has 0 aromatic rings. The summed E-state index contributed by atoms with van der Waals surface area (Å²) in [7, 11) is 1.82. The highest BCUT2D eigenvalue weighted by atomic mass is 32.2. The molecule has 1 N–H and O–H groups in total. The number of amides is 1. The van der Waals surface area contributed by atoms with Crippen LogP contribution in [-0.2, 0) is 9.59 Å². The molecule has 4 nitrogen and oxygen atoms in total. The lowest BCUT2D eigenvalue weighted by molar-refractivity contribution is -0.137. The first-order valence-electron chi connectivity index (χ1n) is 6.33. The van der Waals surface area contributed by atoms with Crippen LogP contribution in [0.1, 0.15) is 34.1 Å². The van der Waals surface area contributed by atoms with Crippen LogP contribution in [0.2, 0.25) is 0 Å². The van der Waals surface area contributed by atoms with E-state index in [0.29, 0.717) is 11.5 Å². The molecule has 0 aliphatic heterocycles. The molecule has 0 aromatic carbocycles. The highest BCUT2D eigenvalue weighted by molar-refractivity contribution is 7.99. The zero-order valence-corrected chi connectivity index (χ0v) is 12.8. The molecule has 0 bridgehead atoms. The molecule has 0 rings (SSSR count). The van der Waals surface area contributed by atoms with Gasteiger partial charge in [-0.3, -0.25) is 9.59 Å². The number of carbonyl (C=O) groups is 2. The summed E-state index contributed by atoms with van der Waals surface area (Å²) in [4.78, 5) is 24.4. The van der Waals surface area contributed by atoms with Gasteiger partial charge in [0.05, 0.1) is 6.42 Å². The molecular formula is C13H25NO3S. The van der Waals surface area contributed by atoms with Crippen molar-refractivity contribution in [1.29, 1.82) is 0 Å². The van der Waals surface area contributed by atoms with Gasteiger partial charge in [0.15, 0.2) is 0 Å². The number of carboxylic acids is 1. The molecule has 0 aromatic heterocycles. The predicted octanol–water partition coefficient (Wildman–Crippen LogP) is 2.33. The molecule has 0 fully saturated rings. The average molecular weight is 275 g/mol. The van der Waals surface area contributed by atoms with Gasteiger partial charge < -0.3 is 10.0 Å². The van der Waals surface area contributed by atoms with Crippen molar-refractivity contribution in [3.8, 4) is 0 Å². The Kier molecular flexibility index (Phi) is 8.07. The second-order valence-electron chi connectivity index (χ2n) is 5.11. The standard InChI is InChI=1S/C13H25NO3S/c1-9(2)11(8-18-7-6-12(15)16)13(17)14(5)10(3)4/h9-11H,6-8H2,1-5H3,(H,15,16)/t11-/m0/s1. The van der Waals surface area contributed by atoms with E-state index in [-0.39, 0.29) is 30.2 Å². The number of aliphatic carboxylic acids is 1. The zero-order valence-electron chi connectivity index (χ0n) is 12.0. The van der Waals surface area contributed by atoms with E-state index in [2.05, 4.69) is 0 Å². The summed E-state index contributed by atoms with van der Waals surface area (Å²) in [5, 5.41) is 8.57. The van der Waals surface area contributed by atoms with Crippen LogP contribution in [0, 0.1) is 11.8 Å². The summed E-state index contributed by atoms with van der Waals surface area (Å²) in [6.45, 7) is 8.06. The molecule has 106 valence electrons. The summed E-state index contributed by atoms with van der Waals surface area (Å²) in [5.41, 5.74) is 0. The molecular weight excluding hydrogens is 250 g/mol. The van der Waals surface area contributed by atoms with Crippen LogP contribution in [0.4, 0.5) is 0 Å². The van der Waals surface area contributed by atoms with Gasteiger partial charge in [0.2, 0.25) is 5.91 Å². The summed E-state index contributed by atoms with van der Waals surface area (Å²) in [6, 6.07) is 0.197. The first-order valence-corrected chi connectivity index (χ1v) is 7.49. The van der Waals surface area contributed by atoms with E-state index >= 15 is 0 Å². The molecule has 0 saturated carbocycles. The number of carboxylic acid groups (broad SMARTS) is 1. The van der Waals surface area contributed by atoms with Gasteiger partial charge in [-0.05, 0) is 19.8 Å². The molecule has 0 aliphatic carbocycles. The fraction of sp³-hybridized carbons (Fsp3) is 0.846. The van der Waals surface area contributed by atoms with E-state index in [1.165, 1.54) is 0 Å². The fourth-order valence-electron chi connectivity index (χ4n) is 1.43. The number of hydrogen-bond acceptors (Lipinski definition) is 3. The molecule has 18 heavy (non-hydrogen) atoms. The normalized spacial score (nSPS) is 12.8. The Morgan fingerprint density at radius 1 is 1.22 bits per heavy atom. The van der Waals surface area contributed by atoms with Crippen molar-refractivity contribution < 1.29 is 14.7 Å². The maximum absolute atomic E-state index is 12.3. The third-order valence-corrected chi connectivity index (χ3v) is 4.09. The van der Waals surface area contributed by atoms with E-state index < -0.39 is 5.97 Å². The first kappa shape index (κ1) is 17.3. The van der Waals surface area contributed by atoms with Gasteiger partial charge in [0.25, 0.3) is 0 Å². The molecule has 0 unspecified atom stereocenters. The number of nitrogens with zero attached hydrogens (tertiary/aromatic N) is 1. The molecule has 0 radical (unpaired) electrons. The second kappa shape index (κ2) is 8.40. The summed E-state index contributed by atoms with van der Waals surface area (Å²) in [5.74, 6) is 0.877. The van der Waals surface area contributed by atoms with E-state index in [0.717, 1.165) is 0 Å². The van der Waals surface area contributed by atoms with Crippen molar-refractivity contribution in [2.24, 2.45) is 11.8 Å². The largest absolute Gasteiger partial charge is 0.481 e. The van der Waals surface area contributed by atoms with Gasteiger partial charge >= 0.3 is 5.97 Å². The smallest absolute Gasteiger partial charge is 0.304 e. The van der Waals surface area contributed by atoms with Crippen molar-refractivity contribution in [1.82, 2.24) is 4.90 Å². The summed E-state index contributed by atoms with van der Waals surface area (Å²) >= 11 is 1.55. The van der Waals surface area contributed by atoms with Crippen LogP contribution in [0.25, 0.3) is 0 Å². The van der Waals surface area contributed by atoms with Crippen LogP contribution in [0.15, 0.2) is 0 Å². The molecule has 0 heterocycles. The maximum Gasteiger partial charge on any atom is 0.304 e. The number of thioether (sulfide) groups is 1. The quantitative estimate of drug-likeness (QED) is 0.691. The molecule has 0 spiro atoms. The Labute approximate surface area is 114 Å². The highest BCUT2D eigenvalue weighted by Gasteiger charge is 2.26. The first-order chi connectivity index (χ1) is 8.27. The van der Waals surface area contributed by atoms with Crippen molar-refractivity contribution in [2.45, 2.75) is 40.2 Å². The number of hydrogen-bond donors (Lipinski definition) is 1. The van der Waals surface area contributed by atoms with E-state index in [4.69, 9.17) is 5.11 Å². The molecule has 1 amide bonds. The Morgan fingerprint density at radius 3 is 2.17 bits per heavy atom. The van der Waals surface area contributed by atoms with Crippen molar-refractivity contribution in [2.75, 3.05) is 18.6 Å². The third kappa shape index (κ3) is 6.28. The van der Waals surface area contributed by atoms with Crippen LogP contribution in [0.5, 0.6) is 0 Å². The third-order valence-electron chi connectivity index (χ3n) is 3.00. The van der Waals surface area contributed by atoms with Gasteiger partial charge in [0, 0.05) is 30.5 Å². The van der Waals surface area contributed by atoms with Crippen LogP contribution >= 0.6 is 11.8 Å². The van der Waals surface area contributed by atoms with Crippen molar-refractivity contribution in [3.63, 3.8) is 0 Å². The SMILES string of the molecule is CC(C)[C@H](CSCCC(=O)O)C(=O)N(C)C(C)C. The lowest BCUT2D eigenvalue weighted by Gasteiger charge is -2.28. The van der Waals surface area contributed by atoms with Crippen LogP contribution < -0.4 is 0 Å². The Morgan fingerprint density at radius 2 is 1.78 bits per heavy atom. The van der Waals surface area contributed by atoms with Gasteiger partial charge in [-0.15, -0.1) is 0 Å². The van der Waals surface area contributed by atoms with Gasteiger partial charge in [0.1, 0.15) is 0 Å². The second-order valence-corrected chi connectivity index (χ2v) is 6.26. The maximum atomic E-state index is 12.3. The minimum atomic E-state index is -0.783. The van der Waals surface area contributed by atoms with Crippen LogP contribution in [-0.4, -0.2) is 46.5 Å². The van der Waals surface area contributed by atoms with Gasteiger partial charge in [-0.2, -0.15) is 11.8 Å². The number of carbonyl (C=O) groups excluding carboxylic acids is 1. The monoisotopic (exact) mass is 275 g/mol. The lowest BCUT2D eigenvalue weighted by atomic mass is 9.96. The molecule has 1 atom stereocenters. The molecule has 0 saturated heterocycles. The van der Waals surface area contributed by atoms with E-state index in [9.17, 15) is 9.59 Å².